The Balaban J connectivity index is 1.46. The van der Waals surface area contributed by atoms with Crippen LogP contribution in [0, 0.1) is 5.82 Å². The number of carbonyl (C=O) groups is 2. The van der Waals surface area contributed by atoms with Crippen molar-refractivity contribution in [3.63, 3.8) is 0 Å². The lowest BCUT2D eigenvalue weighted by molar-refractivity contribution is -0.137. The third-order valence-electron chi connectivity index (χ3n) is 6.14. The first-order valence-corrected chi connectivity index (χ1v) is 10.7. The van der Waals surface area contributed by atoms with Crippen molar-refractivity contribution in [2.45, 2.75) is 32.4 Å². The summed E-state index contributed by atoms with van der Waals surface area (Å²) in [5.41, 5.74) is 0.724. The number of nitrogens with zero attached hydrogens (tertiary/aromatic N) is 4. The number of amides is 2. The normalized spacial score (nSPS) is 19.0. The van der Waals surface area contributed by atoms with Crippen LogP contribution in [0.4, 0.5) is 4.39 Å². The van der Waals surface area contributed by atoms with E-state index in [4.69, 9.17) is 4.74 Å². The van der Waals surface area contributed by atoms with Gasteiger partial charge in [0.05, 0.1) is 19.7 Å². The van der Waals surface area contributed by atoms with Gasteiger partial charge >= 0.3 is 0 Å². The summed E-state index contributed by atoms with van der Waals surface area (Å²) in [7, 11) is 3.17. The molecule has 1 aromatic rings. The van der Waals surface area contributed by atoms with Gasteiger partial charge in [-0.25, -0.2) is 4.39 Å². The number of carbonyl (C=O) groups excluding carboxylic acids is 2. The van der Waals surface area contributed by atoms with Gasteiger partial charge in [0.15, 0.2) is 11.6 Å². The van der Waals surface area contributed by atoms with Crippen molar-refractivity contribution in [1.29, 1.82) is 0 Å². The Labute approximate surface area is 178 Å². The highest BCUT2D eigenvalue weighted by Gasteiger charge is 2.29. The molecule has 0 aromatic heterocycles. The van der Waals surface area contributed by atoms with Crippen LogP contribution < -0.4 is 4.74 Å². The van der Waals surface area contributed by atoms with E-state index < -0.39 is 5.82 Å². The molecule has 2 fully saturated rings. The summed E-state index contributed by atoms with van der Waals surface area (Å²) in [5.74, 6) is -0.00460. The first-order valence-electron chi connectivity index (χ1n) is 10.7. The van der Waals surface area contributed by atoms with Gasteiger partial charge in [-0.1, -0.05) is 6.07 Å². The quantitative estimate of drug-likeness (QED) is 0.668. The molecule has 0 radical (unpaired) electrons. The lowest BCUT2D eigenvalue weighted by atomic mass is 10.1. The number of likely N-dealkylation sites (N-methyl/N-ethyl adjacent to an activating group) is 1. The van der Waals surface area contributed by atoms with Crippen molar-refractivity contribution in [2.75, 3.05) is 60.0 Å². The van der Waals surface area contributed by atoms with Crippen LogP contribution >= 0.6 is 0 Å². The topological polar surface area (TPSA) is 56.3 Å². The number of hydrogen-bond donors (Lipinski definition) is 0. The molecule has 0 spiro atoms. The van der Waals surface area contributed by atoms with E-state index in [1.54, 1.807) is 24.1 Å². The lowest BCUT2D eigenvalue weighted by Crippen LogP contribution is -2.55. The minimum atomic E-state index is -0.427. The van der Waals surface area contributed by atoms with Gasteiger partial charge < -0.3 is 14.5 Å². The number of benzene rings is 1. The molecule has 7 nitrogen and oxygen atoms in total. The highest BCUT2D eigenvalue weighted by atomic mass is 19.1. The summed E-state index contributed by atoms with van der Waals surface area (Å²) in [6.45, 7) is 7.57. The van der Waals surface area contributed by atoms with E-state index in [1.165, 1.54) is 13.2 Å². The first-order chi connectivity index (χ1) is 14.4. The standard InChI is InChI=1S/C22H33FN4O3/c1-17(22(29)24(2)15-18-6-7-20(30-3)19(23)14-18)26-12-10-25(11-13-26)16-21(28)27-8-4-5-9-27/h6-7,14,17H,4-5,8-13,15-16H2,1-3H3. The molecular formula is C22H33FN4O3. The Morgan fingerprint density at radius 2 is 1.80 bits per heavy atom. The van der Waals surface area contributed by atoms with Crippen LogP contribution in [0.15, 0.2) is 18.2 Å². The fourth-order valence-corrected chi connectivity index (χ4v) is 4.20. The molecule has 166 valence electrons. The van der Waals surface area contributed by atoms with Crippen LogP contribution in [-0.4, -0.2) is 97.4 Å². The number of rotatable bonds is 7. The van der Waals surface area contributed by atoms with Gasteiger partial charge in [-0.3, -0.25) is 19.4 Å². The largest absolute Gasteiger partial charge is 0.494 e. The van der Waals surface area contributed by atoms with E-state index in [9.17, 15) is 14.0 Å². The van der Waals surface area contributed by atoms with Crippen molar-refractivity contribution in [1.82, 2.24) is 19.6 Å². The molecular weight excluding hydrogens is 387 g/mol. The monoisotopic (exact) mass is 420 g/mol. The number of likely N-dealkylation sites (tertiary alicyclic amines) is 1. The molecule has 0 aliphatic carbocycles. The minimum absolute atomic E-state index is 0.00724. The zero-order chi connectivity index (χ0) is 21.7. The molecule has 8 heteroatoms. The van der Waals surface area contributed by atoms with Crippen LogP contribution in [0.5, 0.6) is 5.75 Å². The van der Waals surface area contributed by atoms with Crippen LogP contribution in [0.2, 0.25) is 0 Å². The van der Waals surface area contributed by atoms with Crippen molar-refractivity contribution in [3.05, 3.63) is 29.6 Å². The predicted molar refractivity (Wildman–Crippen MR) is 113 cm³/mol. The smallest absolute Gasteiger partial charge is 0.239 e. The number of halogens is 1. The zero-order valence-corrected chi connectivity index (χ0v) is 18.3. The second-order valence-corrected chi connectivity index (χ2v) is 8.24. The van der Waals surface area contributed by atoms with Crippen molar-refractivity contribution < 1.29 is 18.7 Å². The Morgan fingerprint density at radius 1 is 1.13 bits per heavy atom. The maximum absolute atomic E-state index is 13.9. The lowest BCUT2D eigenvalue weighted by Gasteiger charge is -2.38. The Bertz CT molecular complexity index is 746. The summed E-state index contributed by atoms with van der Waals surface area (Å²) in [6, 6.07) is 4.50. The second-order valence-electron chi connectivity index (χ2n) is 8.24. The summed E-state index contributed by atoms with van der Waals surface area (Å²) >= 11 is 0. The third kappa shape index (κ3) is 5.49. The van der Waals surface area contributed by atoms with Gasteiger partial charge in [-0.05, 0) is 37.5 Å². The number of methoxy groups -OCH3 is 1. The van der Waals surface area contributed by atoms with Crippen LogP contribution in [0.25, 0.3) is 0 Å². The van der Waals surface area contributed by atoms with Crippen molar-refractivity contribution in [3.8, 4) is 5.75 Å². The Hall–Kier alpha value is -2.19. The maximum atomic E-state index is 13.9. The molecule has 2 heterocycles. The second kappa shape index (κ2) is 10.2. The van der Waals surface area contributed by atoms with Gasteiger partial charge in [0, 0.05) is 52.9 Å². The van der Waals surface area contributed by atoms with E-state index >= 15 is 0 Å². The predicted octanol–water partition coefficient (Wildman–Crippen LogP) is 1.42. The Morgan fingerprint density at radius 3 is 2.40 bits per heavy atom. The van der Waals surface area contributed by atoms with E-state index in [-0.39, 0.29) is 23.6 Å². The molecule has 0 bridgehead atoms. The van der Waals surface area contributed by atoms with E-state index in [0.29, 0.717) is 13.1 Å². The summed E-state index contributed by atoms with van der Waals surface area (Å²) in [5, 5.41) is 0. The fraction of sp³-hybridized carbons (Fsp3) is 0.636. The van der Waals surface area contributed by atoms with Gasteiger partial charge in [-0.15, -0.1) is 0 Å². The van der Waals surface area contributed by atoms with Gasteiger partial charge in [-0.2, -0.15) is 0 Å². The molecule has 1 unspecified atom stereocenters. The average Bonchev–Trinajstić information content (AvgIpc) is 3.28. The molecule has 3 rings (SSSR count). The molecule has 2 aliphatic heterocycles. The minimum Gasteiger partial charge on any atom is -0.494 e. The summed E-state index contributed by atoms with van der Waals surface area (Å²) in [6.07, 6.45) is 2.21. The fourth-order valence-electron chi connectivity index (χ4n) is 4.20. The summed E-state index contributed by atoms with van der Waals surface area (Å²) < 4.78 is 18.9. The Kier molecular flexibility index (Phi) is 7.66. The number of hydrogen-bond acceptors (Lipinski definition) is 5. The highest BCUT2D eigenvalue weighted by molar-refractivity contribution is 5.81. The molecule has 0 saturated carbocycles. The van der Waals surface area contributed by atoms with Gasteiger partial charge in [0.2, 0.25) is 11.8 Å². The van der Waals surface area contributed by atoms with Crippen LogP contribution in [0.3, 0.4) is 0 Å². The third-order valence-corrected chi connectivity index (χ3v) is 6.14. The molecule has 2 saturated heterocycles. The van der Waals surface area contributed by atoms with Crippen molar-refractivity contribution in [2.24, 2.45) is 0 Å². The summed E-state index contributed by atoms with van der Waals surface area (Å²) in [4.78, 5) is 33.1. The maximum Gasteiger partial charge on any atom is 0.239 e. The molecule has 1 atom stereocenters. The SMILES string of the molecule is COc1ccc(CN(C)C(=O)C(C)N2CCN(CC(=O)N3CCCC3)CC2)cc1F. The van der Waals surface area contributed by atoms with E-state index in [2.05, 4.69) is 9.80 Å². The van der Waals surface area contributed by atoms with Gasteiger partial charge in [0.25, 0.3) is 0 Å². The first kappa shape index (κ1) is 22.5. The molecule has 0 N–H and O–H groups in total. The number of ether oxygens (including phenoxy) is 1. The molecule has 2 amide bonds. The molecule has 1 aromatic carbocycles. The zero-order valence-electron chi connectivity index (χ0n) is 18.3. The van der Waals surface area contributed by atoms with Gasteiger partial charge in [0.1, 0.15) is 0 Å². The average molecular weight is 421 g/mol. The highest BCUT2D eigenvalue weighted by Crippen LogP contribution is 2.19. The van der Waals surface area contributed by atoms with Crippen LogP contribution in [0.1, 0.15) is 25.3 Å². The van der Waals surface area contributed by atoms with E-state index in [1.807, 2.05) is 11.8 Å². The molecule has 30 heavy (non-hydrogen) atoms. The van der Waals surface area contributed by atoms with Crippen molar-refractivity contribution >= 4 is 11.8 Å². The van der Waals surface area contributed by atoms with E-state index in [0.717, 1.165) is 57.7 Å². The molecule has 2 aliphatic rings. The van der Waals surface area contributed by atoms with Crippen LogP contribution in [-0.2, 0) is 16.1 Å². The number of piperazine rings is 1.